The maximum atomic E-state index is 9.44. The van der Waals surface area contributed by atoms with E-state index in [1.165, 1.54) is 23.5 Å². The molecule has 0 spiro atoms. The molecule has 2 aliphatic rings. The van der Waals surface area contributed by atoms with Gasteiger partial charge in [0.05, 0.1) is 0 Å². The average molecular weight is 393 g/mol. The van der Waals surface area contributed by atoms with Crippen LogP contribution < -0.4 is 10.4 Å². The van der Waals surface area contributed by atoms with Crippen LogP contribution in [0.4, 0.5) is 0 Å². The van der Waals surface area contributed by atoms with Gasteiger partial charge in [-0.1, -0.05) is 0 Å². The Morgan fingerprint density at radius 3 is 1.73 bits per heavy atom. The van der Waals surface area contributed by atoms with Crippen LogP contribution >= 0.6 is 35.3 Å². The molecule has 0 aromatic carbocycles. The first-order valence-electron chi connectivity index (χ1n) is 7.21. The van der Waals surface area contributed by atoms with Gasteiger partial charge >= 0.3 is 0 Å². The smallest absolute Gasteiger partial charge is 0.138 e. The summed E-state index contributed by atoms with van der Waals surface area (Å²) < 4.78 is 0. The Kier molecular flexibility index (Phi) is 6.62. The van der Waals surface area contributed by atoms with Crippen LogP contribution in [0.3, 0.4) is 0 Å². The van der Waals surface area contributed by atoms with Crippen LogP contribution in [0.2, 0.25) is 0 Å². The minimum absolute atomic E-state index is 0.00295. The van der Waals surface area contributed by atoms with Crippen LogP contribution in [0.5, 0.6) is 0 Å². The Morgan fingerprint density at radius 2 is 1.27 bits per heavy atom. The van der Waals surface area contributed by atoms with Gasteiger partial charge in [0, 0.05) is 25.1 Å². The van der Waals surface area contributed by atoms with E-state index in [0.29, 0.717) is 16.0 Å². The fourth-order valence-electron chi connectivity index (χ4n) is 2.64. The molecule has 2 rings (SSSR count). The molecular weight excluding hydrogens is 380 g/mol. The summed E-state index contributed by atoms with van der Waals surface area (Å²) in [6, 6.07) is 13.3. The standard InChI is InChI=1S/C19H12N4S3/c1-24-14-4-11(12(7-20)8-21)5-15-16(6-14)18(25-2)19(26-3)17(15)13(9-22)10-23/h4-6H,1-3H3. The van der Waals surface area contributed by atoms with Crippen LogP contribution in [0, 0.1) is 45.3 Å². The van der Waals surface area contributed by atoms with Crippen molar-refractivity contribution in [2.24, 2.45) is 0 Å². The summed E-state index contributed by atoms with van der Waals surface area (Å²) in [5.74, 6) is 0. The van der Waals surface area contributed by atoms with Gasteiger partial charge in [-0.15, -0.1) is 35.3 Å². The summed E-state index contributed by atoms with van der Waals surface area (Å²) in [4.78, 5) is 2.75. The number of thioether (sulfide) groups is 3. The van der Waals surface area contributed by atoms with E-state index < -0.39 is 0 Å². The molecule has 0 bridgehead atoms. The minimum atomic E-state index is -0.00295. The number of nitrogens with zero attached hydrogens (tertiary/aromatic N) is 4. The molecule has 0 atom stereocenters. The summed E-state index contributed by atoms with van der Waals surface area (Å²) in [7, 11) is 0. The van der Waals surface area contributed by atoms with Gasteiger partial charge in [0.2, 0.25) is 0 Å². The van der Waals surface area contributed by atoms with Crippen LogP contribution in [-0.2, 0) is 0 Å². The van der Waals surface area contributed by atoms with Crippen molar-refractivity contribution in [2.45, 2.75) is 14.7 Å². The van der Waals surface area contributed by atoms with E-state index in [1.807, 2.05) is 49.1 Å². The molecule has 0 fully saturated rings. The highest BCUT2D eigenvalue weighted by Crippen LogP contribution is 2.39. The summed E-state index contributed by atoms with van der Waals surface area (Å²) >= 11 is 4.54. The highest BCUT2D eigenvalue weighted by molar-refractivity contribution is 8.01. The van der Waals surface area contributed by atoms with Crippen LogP contribution in [0.25, 0.3) is 22.3 Å². The van der Waals surface area contributed by atoms with E-state index in [4.69, 9.17) is 0 Å². The Balaban J connectivity index is 3.30. The fraction of sp³-hybridized carbons (Fsp3) is 0.158. The van der Waals surface area contributed by atoms with Crippen LogP contribution in [-0.4, -0.2) is 18.8 Å². The first kappa shape index (κ1) is 19.8. The lowest BCUT2D eigenvalue weighted by atomic mass is 10.1. The van der Waals surface area contributed by atoms with Crippen molar-refractivity contribution in [1.82, 2.24) is 0 Å². The highest BCUT2D eigenvalue weighted by atomic mass is 32.2. The maximum Gasteiger partial charge on any atom is 0.138 e. The average Bonchev–Trinajstić information content (AvgIpc) is 2.82. The number of hydrogen-bond acceptors (Lipinski definition) is 7. The lowest BCUT2D eigenvalue weighted by Crippen LogP contribution is -2.09. The van der Waals surface area contributed by atoms with E-state index in [9.17, 15) is 21.0 Å². The minimum Gasteiger partial charge on any atom is -0.192 e. The Morgan fingerprint density at radius 1 is 0.692 bits per heavy atom. The lowest BCUT2D eigenvalue weighted by Gasteiger charge is -2.00. The van der Waals surface area contributed by atoms with Crippen LogP contribution in [0.1, 0.15) is 0 Å². The molecule has 0 heterocycles. The zero-order valence-electron chi connectivity index (χ0n) is 14.2. The van der Waals surface area contributed by atoms with E-state index in [0.717, 1.165) is 20.2 Å². The SMILES string of the molecule is CSc1cc2c(SC)c(SC)c(=C(C#N)C#N)c-2cc(=C(C#N)C#N)c1. The molecule has 0 radical (unpaired) electrons. The fourth-order valence-corrected chi connectivity index (χ4v) is 5.01. The molecule has 7 heteroatoms. The normalized spacial score (nSPS) is 9.65. The van der Waals surface area contributed by atoms with Crippen molar-refractivity contribution in [3.05, 3.63) is 28.6 Å². The monoisotopic (exact) mass is 392 g/mol. The molecule has 0 N–H and O–H groups in total. The Labute approximate surface area is 164 Å². The van der Waals surface area contributed by atoms with E-state index in [-0.39, 0.29) is 11.1 Å². The van der Waals surface area contributed by atoms with Gasteiger partial charge in [0.25, 0.3) is 0 Å². The summed E-state index contributed by atoms with van der Waals surface area (Å²) in [5.41, 5.74) is 1.63. The van der Waals surface area contributed by atoms with Gasteiger partial charge in [-0.3, -0.25) is 0 Å². The molecule has 0 saturated carbocycles. The van der Waals surface area contributed by atoms with Crippen molar-refractivity contribution < 1.29 is 0 Å². The molecule has 0 saturated heterocycles. The second-order valence-corrected chi connectivity index (χ2v) is 7.47. The topological polar surface area (TPSA) is 95.2 Å². The van der Waals surface area contributed by atoms with Crippen LogP contribution in [0.15, 0.2) is 32.9 Å². The predicted octanol–water partition coefficient (Wildman–Crippen LogP) is 3.35. The predicted molar refractivity (Wildman–Crippen MR) is 107 cm³/mol. The second-order valence-electron chi connectivity index (χ2n) is 4.96. The van der Waals surface area contributed by atoms with Gasteiger partial charge in [-0.25, -0.2) is 0 Å². The molecule has 26 heavy (non-hydrogen) atoms. The van der Waals surface area contributed by atoms with Crippen molar-refractivity contribution in [1.29, 1.82) is 21.0 Å². The zero-order valence-corrected chi connectivity index (χ0v) is 16.7. The van der Waals surface area contributed by atoms with Crippen molar-refractivity contribution >= 4 is 46.4 Å². The molecule has 2 aliphatic carbocycles. The lowest BCUT2D eigenvalue weighted by molar-refractivity contribution is 1.30. The van der Waals surface area contributed by atoms with E-state index in [2.05, 4.69) is 0 Å². The molecule has 4 nitrogen and oxygen atoms in total. The maximum absolute atomic E-state index is 9.44. The summed E-state index contributed by atoms with van der Waals surface area (Å²) in [6.07, 6.45) is 5.78. The van der Waals surface area contributed by atoms with E-state index in [1.54, 1.807) is 23.9 Å². The van der Waals surface area contributed by atoms with Crippen molar-refractivity contribution in [3.8, 4) is 35.4 Å². The quantitative estimate of drug-likeness (QED) is 0.739. The van der Waals surface area contributed by atoms with Gasteiger partial charge < -0.3 is 0 Å². The van der Waals surface area contributed by atoms with Gasteiger partial charge in [-0.2, -0.15) is 21.0 Å². The third-order valence-electron chi connectivity index (χ3n) is 3.75. The second kappa shape index (κ2) is 8.70. The largest absolute Gasteiger partial charge is 0.192 e. The Bertz CT molecular complexity index is 1110. The summed E-state index contributed by atoms with van der Waals surface area (Å²) in [5, 5.41) is 38.5. The molecule has 0 aromatic rings. The first-order valence-corrected chi connectivity index (χ1v) is 10.9. The number of rotatable bonds is 3. The Hall–Kier alpha value is -2.55. The van der Waals surface area contributed by atoms with Gasteiger partial charge in [0.15, 0.2) is 0 Å². The highest BCUT2D eigenvalue weighted by Gasteiger charge is 2.21. The van der Waals surface area contributed by atoms with E-state index >= 15 is 0 Å². The van der Waals surface area contributed by atoms with Crippen molar-refractivity contribution in [2.75, 3.05) is 18.8 Å². The molecule has 0 aromatic heterocycles. The molecule has 0 amide bonds. The zero-order chi connectivity index (χ0) is 19.3. The number of fused-ring (bicyclic) bond motifs is 1. The first-order chi connectivity index (χ1) is 12.6. The summed E-state index contributed by atoms with van der Waals surface area (Å²) in [6.45, 7) is 0. The van der Waals surface area contributed by atoms with Gasteiger partial charge in [-0.05, 0) is 48.1 Å². The van der Waals surface area contributed by atoms with Crippen molar-refractivity contribution in [3.63, 3.8) is 0 Å². The molecule has 126 valence electrons. The number of hydrogen-bond donors (Lipinski definition) is 0. The third kappa shape index (κ3) is 3.39. The third-order valence-corrected chi connectivity index (χ3v) is 6.24. The van der Waals surface area contributed by atoms with Gasteiger partial charge in [0.1, 0.15) is 35.4 Å². The molecular formula is C19H12N4S3. The molecule has 0 unspecified atom stereocenters. The molecule has 0 aliphatic heterocycles. The number of nitriles is 4.